The Morgan fingerprint density at radius 1 is 1.31 bits per heavy atom. The lowest BCUT2D eigenvalue weighted by molar-refractivity contribution is -0.671. The van der Waals surface area contributed by atoms with Gasteiger partial charge in [0.1, 0.15) is 17.1 Å². The van der Waals surface area contributed by atoms with Crippen LogP contribution in [0.25, 0.3) is 10.6 Å². The summed E-state index contributed by atoms with van der Waals surface area (Å²) in [7, 11) is -2.82. The van der Waals surface area contributed by atoms with Crippen molar-refractivity contribution in [2.45, 2.75) is 24.9 Å². The molecule has 2 amide bonds. The van der Waals surface area contributed by atoms with Crippen LogP contribution in [0.3, 0.4) is 0 Å². The number of aryl methyl sites for hydroxylation is 1. The highest BCUT2D eigenvalue weighted by Crippen LogP contribution is 2.40. The molecule has 12 heteroatoms. The van der Waals surface area contributed by atoms with Crippen molar-refractivity contribution in [3.8, 4) is 10.6 Å². The number of urea groups is 1. The maximum absolute atomic E-state index is 12.5. The van der Waals surface area contributed by atoms with Gasteiger partial charge in [-0.25, -0.2) is 9.36 Å². The van der Waals surface area contributed by atoms with E-state index in [0.29, 0.717) is 24.4 Å². The monoisotopic (exact) mass is 398 g/mol. The van der Waals surface area contributed by atoms with E-state index in [1.807, 2.05) is 36.1 Å². The Balaban J connectivity index is 1.57. The number of nitrogens with zero attached hydrogens (tertiary/aromatic N) is 5. The summed E-state index contributed by atoms with van der Waals surface area (Å²) in [4.78, 5) is 14.0. The summed E-state index contributed by atoms with van der Waals surface area (Å²) < 4.78 is 37.1. The molecule has 0 saturated carbocycles. The van der Waals surface area contributed by atoms with E-state index in [4.69, 9.17) is 4.55 Å². The molecular formula is C14H16N5O5S2+. The van der Waals surface area contributed by atoms with E-state index < -0.39 is 22.5 Å². The molecule has 0 unspecified atom stereocenters. The molecule has 2 saturated heterocycles. The topological polar surface area (TPSA) is 117 Å². The molecule has 2 aliphatic rings. The van der Waals surface area contributed by atoms with Gasteiger partial charge in [0.05, 0.1) is 12.1 Å². The van der Waals surface area contributed by atoms with E-state index >= 15 is 0 Å². The fraction of sp³-hybridized carbons (Fsp3) is 0.429. The van der Waals surface area contributed by atoms with Crippen molar-refractivity contribution in [3.05, 3.63) is 29.5 Å². The molecule has 2 atom stereocenters. The van der Waals surface area contributed by atoms with Gasteiger partial charge < -0.3 is 4.90 Å². The summed E-state index contributed by atoms with van der Waals surface area (Å²) in [6.07, 6.45) is 4.98. The Bertz CT molecular complexity index is 945. The lowest BCUT2D eigenvalue weighted by Crippen LogP contribution is -2.35. The molecule has 4 heterocycles. The van der Waals surface area contributed by atoms with Crippen LogP contribution in [0, 0.1) is 0 Å². The molecule has 0 aliphatic carbocycles. The van der Waals surface area contributed by atoms with Crippen LogP contribution >= 0.6 is 11.3 Å². The van der Waals surface area contributed by atoms with Gasteiger partial charge in [0.15, 0.2) is 12.4 Å². The van der Waals surface area contributed by atoms with E-state index in [2.05, 4.69) is 14.5 Å². The molecule has 2 aromatic rings. The number of aromatic nitrogens is 3. The van der Waals surface area contributed by atoms with Crippen LogP contribution in [0.1, 0.15) is 23.9 Å². The number of carbonyl (C=O) groups excluding carboxylic acids is 1. The standard InChI is InChI=1S/C14H15N5O5S2/c1-17-6-4-9(5-7-17)12-15-16-13(25-12)11-3-2-10-8-18(11)14(20)19(10)24-26(21,22)23/h4-7,10-11H,2-3,8H2,1H3/p+1/t10-,11+/m1/s1. The fourth-order valence-corrected chi connectivity index (χ4v) is 4.60. The maximum atomic E-state index is 12.5. The molecule has 138 valence electrons. The third kappa shape index (κ3) is 3.16. The van der Waals surface area contributed by atoms with Crippen molar-refractivity contribution in [1.82, 2.24) is 20.2 Å². The Kier molecular flexibility index (Phi) is 4.14. The van der Waals surface area contributed by atoms with Gasteiger partial charge in [-0.15, -0.1) is 14.5 Å². The maximum Gasteiger partial charge on any atom is 0.418 e. The van der Waals surface area contributed by atoms with E-state index in [0.717, 1.165) is 15.6 Å². The molecule has 2 fully saturated rings. The zero-order chi connectivity index (χ0) is 18.5. The number of hydroxylamine groups is 2. The number of carbonyl (C=O) groups is 1. The first-order valence-corrected chi connectivity index (χ1v) is 10.1. The molecule has 2 aliphatic heterocycles. The number of hydrogen-bond acceptors (Lipinski definition) is 7. The van der Waals surface area contributed by atoms with Gasteiger partial charge in [0.2, 0.25) is 0 Å². The van der Waals surface area contributed by atoms with Crippen LogP contribution in [-0.4, -0.2) is 51.7 Å². The average molecular weight is 398 g/mol. The average Bonchev–Trinajstić information content (AvgIpc) is 3.15. The van der Waals surface area contributed by atoms with Crippen molar-refractivity contribution >= 4 is 27.8 Å². The first-order chi connectivity index (χ1) is 12.3. The first kappa shape index (κ1) is 17.3. The van der Waals surface area contributed by atoms with Gasteiger partial charge in [0.25, 0.3) is 0 Å². The quantitative estimate of drug-likeness (QED) is 0.595. The number of piperidine rings is 1. The molecule has 4 rings (SSSR count). The minimum Gasteiger partial charge on any atom is -0.311 e. The summed E-state index contributed by atoms with van der Waals surface area (Å²) >= 11 is 1.40. The smallest absolute Gasteiger partial charge is 0.311 e. The SMILES string of the molecule is C[n+]1ccc(-c2nnc([C@@H]3CC[C@@H]4CN3C(=O)N4OS(=O)(=O)O)s2)cc1. The summed E-state index contributed by atoms with van der Waals surface area (Å²) in [6, 6.07) is 2.56. The molecule has 0 aromatic carbocycles. The number of pyridine rings is 1. The summed E-state index contributed by atoms with van der Waals surface area (Å²) in [5, 5.41) is 10.6. The van der Waals surface area contributed by atoms with Crippen LogP contribution in [0.2, 0.25) is 0 Å². The molecule has 1 N–H and O–H groups in total. The third-order valence-corrected chi connectivity index (χ3v) is 5.87. The van der Waals surface area contributed by atoms with E-state index in [1.165, 1.54) is 16.2 Å². The second kappa shape index (κ2) is 6.23. The molecule has 0 spiro atoms. The summed E-state index contributed by atoms with van der Waals surface area (Å²) in [5.41, 5.74) is 0.935. The van der Waals surface area contributed by atoms with Gasteiger partial charge >= 0.3 is 16.4 Å². The normalized spacial score (nSPS) is 22.9. The van der Waals surface area contributed by atoms with Gasteiger partial charge in [-0.2, -0.15) is 13.5 Å². The summed E-state index contributed by atoms with van der Waals surface area (Å²) in [5.74, 6) is 0. The van der Waals surface area contributed by atoms with Crippen molar-refractivity contribution in [2.75, 3.05) is 6.54 Å². The Morgan fingerprint density at radius 2 is 2.04 bits per heavy atom. The molecule has 10 nitrogen and oxygen atoms in total. The molecule has 26 heavy (non-hydrogen) atoms. The second-order valence-corrected chi connectivity index (χ2v) is 8.22. The van der Waals surface area contributed by atoms with Crippen LogP contribution < -0.4 is 4.57 Å². The van der Waals surface area contributed by atoms with E-state index in [1.54, 1.807) is 0 Å². The fourth-order valence-electron chi connectivity index (χ4n) is 3.22. The number of hydrogen-bond donors (Lipinski definition) is 1. The van der Waals surface area contributed by atoms with Crippen LogP contribution in [0.4, 0.5) is 4.79 Å². The van der Waals surface area contributed by atoms with Crippen LogP contribution in [0.5, 0.6) is 0 Å². The molecule has 0 radical (unpaired) electrons. The van der Waals surface area contributed by atoms with Crippen molar-refractivity contribution < 1.29 is 26.6 Å². The number of amides is 2. The Morgan fingerprint density at radius 3 is 2.73 bits per heavy atom. The molecule has 2 aromatic heterocycles. The van der Waals surface area contributed by atoms with Crippen LogP contribution in [0.15, 0.2) is 24.5 Å². The largest absolute Gasteiger partial charge is 0.418 e. The minimum atomic E-state index is -4.75. The highest BCUT2D eigenvalue weighted by molar-refractivity contribution is 7.80. The molecule has 2 bridgehead atoms. The lowest BCUT2D eigenvalue weighted by Gasteiger charge is -2.28. The molecular weight excluding hydrogens is 382 g/mol. The zero-order valence-electron chi connectivity index (χ0n) is 13.7. The predicted molar refractivity (Wildman–Crippen MR) is 88.9 cm³/mol. The third-order valence-electron chi connectivity index (χ3n) is 4.45. The summed E-state index contributed by atoms with van der Waals surface area (Å²) in [6.45, 7) is 0.315. The zero-order valence-corrected chi connectivity index (χ0v) is 15.4. The highest BCUT2D eigenvalue weighted by atomic mass is 32.3. The highest BCUT2D eigenvalue weighted by Gasteiger charge is 2.48. The predicted octanol–water partition coefficient (Wildman–Crippen LogP) is 0.705. The second-order valence-electron chi connectivity index (χ2n) is 6.21. The lowest BCUT2D eigenvalue weighted by atomic mass is 10.0. The van der Waals surface area contributed by atoms with Crippen LogP contribution in [-0.2, 0) is 21.7 Å². The van der Waals surface area contributed by atoms with Gasteiger partial charge in [0, 0.05) is 24.2 Å². The minimum absolute atomic E-state index is 0.292. The van der Waals surface area contributed by atoms with Crippen molar-refractivity contribution in [1.29, 1.82) is 0 Å². The van der Waals surface area contributed by atoms with Crippen molar-refractivity contribution in [2.24, 2.45) is 7.05 Å². The first-order valence-electron chi connectivity index (χ1n) is 7.88. The van der Waals surface area contributed by atoms with Gasteiger partial charge in [-0.3, -0.25) is 4.55 Å². The van der Waals surface area contributed by atoms with E-state index in [-0.39, 0.29) is 6.04 Å². The van der Waals surface area contributed by atoms with Gasteiger partial charge in [-0.05, 0) is 12.8 Å². The van der Waals surface area contributed by atoms with Gasteiger partial charge in [-0.1, -0.05) is 11.3 Å². The van der Waals surface area contributed by atoms with E-state index in [9.17, 15) is 13.2 Å². The number of fused-ring (bicyclic) bond motifs is 2. The van der Waals surface area contributed by atoms with Crippen molar-refractivity contribution in [3.63, 3.8) is 0 Å². The Labute approximate surface area is 153 Å². The number of rotatable bonds is 4. The Hall–Kier alpha value is -2.15.